The number of carboxylic acid groups (broad SMARTS) is 1. The van der Waals surface area contributed by atoms with E-state index in [1.165, 1.54) is 19.3 Å². The summed E-state index contributed by atoms with van der Waals surface area (Å²) in [6.07, 6.45) is 9.05. The molecule has 0 saturated heterocycles. The van der Waals surface area contributed by atoms with E-state index in [4.69, 9.17) is 0 Å². The van der Waals surface area contributed by atoms with Gasteiger partial charge in [-0.1, -0.05) is 73.5 Å². The molecule has 1 unspecified atom stereocenters. The summed E-state index contributed by atoms with van der Waals surface area (Å²) >= 11 is 1.58. The van der Waals surface area contributed by atoms with Crippen LogP contribution in [-0.2, 0) is 16.1 Å². The van der Waals surface area contributed by atoms with Crippen molar-refractivity contribution in [3.05, 3.63) is 60.2 Å². The largest absolute Gasteiger partial charge is 0.480 e. The third-order valence-corrected chi connectivity index (χ3v) is 8.57. The highest BCUT2D eigenvalue weighted by atomic mass is 32.2. The van der Waals surface area contributed by atoms with Crippen molar-refractivity contribution >= 4 is 34.7 Å². The topological polar surface area (TPSA) is 75.4 Å². The van der Waals surface area contributed by atoms with Crippen molar-refractivity contribution in [2.75, 3.05) is 12.3 Å². The van der Waals surface area contributed by atoms with Crippen molar-refractivity contribution in [3.63, 3.8) is 0 Å². The van der Waals surface area contributed by atoms with Gasteiger partial charge in [0.2, 0.25) is 5.91 Å². The van der Waals surface area contributed by atoms with Crippen molar-refractivity contribution in [1.82, 2.24) is 14.5 Å². The first-order valence-electron chi connectivity index (χ1n) is 13.3. The van der Waals surface area contributed by atoms with Gasteiger partial charge in [-0.25, -0.2) is 4.98 Å². The molecule has 2 aliphatic rings. The number of aromatic nitrogens is 2. The number of carbonyl (C=O) groups excluding carboxylic acids is 1. The molecule has 6 nitrogen and oxygen atoms in total. The van der Waals surface area contributed by atoms with Crippen LogP contribution in [0.2, 0.25) is 0 Å². The van der Waals surface area contributed by atoms with Crippen LogP contribution in [0.15, 0.2) is 59.8 Å². The second-order valence-corrected chi connectivity index (χ2v) is 11.2. The lowest BCUT2D eigenvalue weighted by Crippen LogP contribution is -2.40. The highest BCUT2D eigenvalue weighted by Gasteiger charge is 2.39. The van der Waals surface area contributed by atoms with Gasteiger partial charge in [-0.15, -0.1) is 0 Å². The maximum absolute atomic E-state index is 14.0. The summed E-state index contributed by atoms with van der Waals surface area (Å²) in [6.45, 7) is 0.640. The average molecular weight is 506 g/mol. The SMILES string of the molecule is O=C(O)Cn1c(SCCCN(C(=O)C(c2ccccc2)C2CCCCC2)C2CC2)nc2ccccc21. The van der Waals surface area contributed by atoms with Crippen LogP contribution in [0, 0.1) is 5.92 Å². The van der Waals surface area contributed by atoms with Crippen LogP contribution in [-0.4, -0.2) is 49.8 Å². The maximum Gasteiger partial charge on any atom is 0.323 e. The number of hydrogen-bond acceptors (Lipinski definition) is 4. The Morgan fingerprint density at radius 2 is 1.72 bits per heavy atom. The summed E-state index contributed by atoms with van der Waals surface area (Å²) in [5.41, 5.74) is 2.82. The van der Waals surface area contributed by atoms with Crippen LogP contribution in [0.25, 0.3) is 11.0 Å². The van der Waals surface area contributed by atoms with E-state index in [0.29, 0.717) is 17.9 Å². The number of para-hydroxylation sites is 2. The van der Waals surface area contributed by atoms with Gasteiger partial charge in [-0.2, -0.15) is 0 Å². The molecule has 0 spiro atoms. The van der Waals surface area contributed by atoms with Gasteiger partial charge in [0.05, 0.1) is 17.0 Å². The van der Waals surface area contributed by atoms with E-state index in [1.807, 2.05) is 30.3 Å². The molecule has 2 fully saturated rings. The van der Waals surface area contributed by atoms with Gasteiger partial charge in [-0.3, -0.25) is 9.59 Å². The quantitative estimate of drug-likeness (QED) is 0.257. The Morgan fingerprint density at radius 3 is 2.44 bits per heavy atom. The molecule has 0 radical (unpaired) electrons. The first-order chi connectivity index (χ1) is 17.6. The molecule has 1 N–H and O–H groups in total. The standard InChI is InChI=1S/C29H35N3O3S/c33-26(34)20-32-25-15-8-7-14-24(25)30-29(32)36-19-9-18-31(23-16-17-23)28(35)27(21-10-3-1-4-11-21)22-12-5-2-6-13-22/h1,3-4,7-8,10-11,14-15,22-23,27H,2,5-6,9,12-13,16-20H2,(H,33,34). The Morgan fingerprint density at radius 1 is 1.00 bits per heavy atom. The smallest absolute Gasteiger partial charge is 0.323 e. The Labute approximate surface area is 217 Å². The minimum absolute atomic E-state index is 0.0421. The molecule has 1 amide bonds. The number of aliphatic carboxylic acids is 1. The fraction of sp³-hybridized carbons (Fsp3) is 0.483. The first-order valence-corrected chi connectivity index (χ1v) is 14.3. The molecule has 1 atom stereocenters. The number of rotatable bonds is 11. The zero-order valence-corrected chi connectivity index (χ0v) is 21.5. The van der Waals surface area contributed by atoms with Gasteiger partial charge in [-0.05, 0) is 55.7 Å². The zero-order valence-electron chi connectivity index (χ0n) is 20.7. The molecule has 7 heteroatoms. The van der Waals surface area contributed by atoms with Gasteiger partial charge >= 0.3 is 5.97 Å². The van der Waals surface area contributed by atoms with E-state index < -0.39 is 5.97 Å². The number of hydrogen-bond donors (Lipinski definition) is 1. The van der Waals surface area contributed by atoms with E-state index in [-0.39, 0.29) is 12.5 Å². The third-order valence-electron chi connectivity index (χ3n) is 7.50. The molecular weight excluding hydrogens is 470 g/mol. The summed E-state index contributed by atoms with van der Waals surface area (Å²) in [5, 5.41) is 10.1. The number of amides is 1. The Kier molecular flexibility index (Phi) is 7.95. The fourth-order valence-corrected chi connectivity index (χ4v) is 6.57. The minimum Gasteiger partial charge on any atom is -0.480 e. The van der Waals surface area contributed by atoms with Crippen molar-refractivity contribution < 1.29 is 14.7 Å². The second kappa shape index (κ2) is 11.5. The average Bonchev–Trinajstić information content (AvgIpc) is 3.68. The fourth-order valence-electron chi connectivity index (χ4n) is 5.63. The Balaban J connectivity index is 1.26. The molecule has 1 aromatic heterocycles. The van der Waals surface area contributed by atoms with Gasteiger partial charge in [0.15, 0.2) is 5.16 Å². The zero-order chi connectivity index (χ0) is 24.9. The monoisotopic (exact) mass is 505 g/mol. The van der Waals surface area contributed by atoms with E-state index in [9.17, 15) is 14.7 Å². The van der Waals surface area contributed by atoms with Crippen LogP contribution < -0.4 is 0 Å². The molecule has 190 valence electrons. The molecule has 2 saturated carbocycles. The van der Waals surface area contributed by atoms with Gasteiger partial charge in [0.25, 0.3) is 0 Å². The molecule has 3 aromatic rings. The number of carboxylic acids is 1. The summed E-state index contributed by atoms with van der Waals surface area (Å²) in [6, 6.07) is 18.4. The summed E-state index contributed by atoms with van der Waals surface area (Å²) in [4.78, 5) is 32.3. The van der Waals surface area contributed by atoms with E-state index >= 15 is 0 Å². The highest BCUT2D eigenvalue weighted by Crippen LogP contribution is 2.39. The number of fused-ring (bicyclic) bond motifs is 1. The maximum atomic E-state index is 14.0. The molecule has 1 heterocycles. The Hall–Kier alpha value is -2.80. The minimum atomic E-state index is -0.875. The summed E-state index contributed by atoms with van der Waals surface area (Å²) in [5.74, 6) is 0.609. The van der Waals surface area contributed by atoms with Crippen molar-refractivity contribution in [1.29, 1.82) is 0 Å². The number of imidazole rings is 1. The number of benzene rings is 2. The van der Waals surface area contributed by atoms with Crippen molar-refractivity contribution in [2.45, 2.75) is 75.0 Å². The number of thioether (sulfide) groups is 1. The van der Waals surface area contributed by atoms with Gasteiger partial charge in [0, 0.05) is 18.3 Å². The molecular formula is C29H35N3O3S. The van der Waals surface area contributed by atoms with Crippen molar-refractivity contribution in [2.24, 2.45) is 5.92 Å². The van der Waals surface area contributed by atoms with Crippen LogP contribution in [0.5, 0.6) is 0 Å². The van der Waals surface area contributed by atoms with Crippen LogP contribution in [0.4, 0.5) is 0 Å². The predicted molar refractivity (Wildman–Crippen MR) is 143 cm³/mol. The van der Waals surface area contributed by atoms with Crippen LogP contribution >= 0.6 is 11.8 Å². The van der Waals surface area contributed by atoms with Gasteiger partial charge in [0.1, 0.15) is 6.54 Å². The van der Waals surface area contributed by atoms with Gasteiger partial charge < -0.3 is 14.6 Å². The molecule has 2 aromatic carbocycles. The lowest BCUT2D eigenvalue weighted by atomic mass is 9.76. The van der Waals surface area contributed by atoms with E-state index in [1.54, 1.807) is 16.3 Å². The number of carbonyl (C=O) groups is 2. The summed E-state index contributed by atoms with van der Waals surface area (Å²) in [7, 11) is 0. The molecule has 2 aliphatic carbocycles. The molecule has 5 rings (SSSR count). The normalized spacial score (nSPS) is 17.2. The Bertz CT molecular complexity index is 1180. The van der Waals surface area contributed by atoms with E-state index in [2.05, 4.69) is 34.1 Å². The van der Waals surface area contributed by atoms with Crippen LogP contribution in [0.3, 0.4) is 0 Å². The highest BCUT2D eigenvalue weighted by molar-refractivity contribution is 7.99. The predicted octanol–water partition coefficient (Wildman–Crippen LogP) is 5.96. The first kappa shape index (κ1) is 24.9. The van der Waals surface area contributed by atoms with Crippen molar-refractivity contribution in [3.8, 4) is 0 Å². The van der Waals surface area contributed by atoms with Crippen LogP contribution in [0.1, 0.15) is 62.8 Å². The lowest BCUT2D eigenvalue weighted by molar-refractivity contribution is -0.138. The third kappa shape index (κ3) is 5.77. The number of nitrogens with zero attached hydrogens (tertiary/aromatic N) is 3. The molecule has 0 aliphatic heterocycles. The molecule has 0 bridgehead atoms. The summed E-state index contributed by atoms with van der Waals surface area (Å²) < 4.78 is 1.78. The lowest BCUT2D eigenvalue weighted by Gasteiger charge is -2.34. The molecule has 36 heavy (non-hydrogen) atoms. The van der Waals surface area contributed by atoms with E-state index in [0.717, 1.165) is 66.2 Å². The second-order valence-electron chi connectivity index (χ2n) is 10.1.